The van der Waals surface area contributed by atoms with Gasteiger partial charge in [0.2, 0.25) is 0 Å². The number of hydrogen-bond donors (Lipinski definition) is 0. The molecule has 2 unspecified atom stereocenters. The summed E-state index contributed by atoms with van der Waals surface area (Å²) < 4.78 is 16.6. The number of amides is 1. The fraction of sp³-hybridized carbons (Fsp3) is 0.333. The summed E-state index contributed by atoms with van der Waals surface area (Å²) in [6.45, 7) is 1.10. The molecule has 1 amide bonds. The van der Waals surface area contributed by atoms with E-state index in [1.165, 1.54) is 0 Å². The number of Topliss-reactive ketones (excluding diaryl/α,β-unsaturated/α-hetero) is 1. The molecule has 1 aromatic heterocycles. The molecule has 154 valence electrons. The third-order valence-electron chi connectivity index (χ3n) is 6.04. The summed E-state index contributed by atoms with van der Waals surface area (Å²) in [6.07, 6.45) is 2.46. The fourth-order valence-corrected chi connectivity index (χ4v) is 4.58. The van der Waals surface area contributed by atoms with E-state index in [4.69, 9.17) is 13.9 Å². The number of carbonyl (C=O) groups is 2. The second kappa shape index (κ2) is 7.95. The Labute approximate surface area is 174 Å². The second-order valence-electron chi connectivity index (χ2n) is 8.00. The van der Waals surface area contributed by atoms with Gasteiger partial charge in [0, 0.05) is 16.9 Å². The molecule has 6 nitrogen and oxygen atoms in total. The lowest BCUT2D eigenvalue weighted by Gasteiger charge is -2.47. The lowest BCUT2D eigenvalue weighted by Crippen LogP contribution is -2.59. The van der Waals surface area contributed by atoms with Crippen LogP contribution in [-0.2, 0) is 16.1 Å². The van der Waals surface area contributed by atoms with Crippen LogP contribution in [0.2, 0.25) is 0 Å². The Kier molecular flexibility index (Phi) is 5.01. The predicted octanol–water partition coefficient (Wildman–Crippen LogP) is 4.43. The molecule has 3 heterocycles. The highest BCUT2D eigenvalue weighted by Crippen LogP contribution is 2.34. The Morgan fingerprint density at radius 3 is 2.53 bits per heavy atom. The SMILES string of the molecule is O=C(c1ccc2occc2c1)C1CC2COCC(C1)N2C(=O)OCc1ccccc1. The van der Waals surface area contributed by atoms with E-state index in [-0.39, 0.29) is 36.5 Å². The van der Waals surface area contributed by atoms with Crippen molar-refractivity contribution in [3.63, 3.8) is 0 Å². The zero-order valence-electron chi connectivity index (χ0n) is 16.5. The molecule has 5 rings (SSSR count). The molecule has 2 saturated heterocycles. The van der Waals surface area contributed by atoms with Crippen LogP contribution in [0.1, 0.15) is 28.8 Å². The molecule has 30 heavy (non-hydrogen) atoms. The maximum absolute atomic E-state index is 13.2. The van der Waals surface area contributed by atoms with E-state index in [1.807, 2.05) is 54.6 Å². The minimum absolute atomic E-state index is 0.118. The van der Waals surface area contributed by atoms with Crippen LogP contribution in [0.5, 0.6) is 0 Å². The highest BCUT2D eigenvalue weighted by atomic mass is 16.6. The number of nitrogens with zero attached hydrogens (tertiary/aromatic N) is 1. The molecule has 6 heteroatoms. The fourth-order valence-electron chi connectivity index (χ4n) is 4.58. The van der Waals surface area contributed by atoms with Gasteiger partial charge in [0.05, 0.1) is 31.6 Å². The van der Waals surface area contributed by atoms with Crippen LogP contribution < -0.4 is 0 Å². The number of fused-ring (bicyclic) bond motifs is 3. The number of furan rings is 1. The summed E-state index contributed by atoms with van der Waals surface area (Å²) in [5, 5.41) is 0.923. The number of rotatable bonds is 4. The summed E-state index contributed by atoms with van der Waals surface area (Å²) in [6, 6.07) is 16.7. The van der Waals surface area contributed by atoms with Gasteiger partial charge in [-0.15, -0.1) is 0 Å². The maximum Gasteiger partial charge on any atom is 0.410 e. The topological polar surface area (TPSA) is 69.0 Å². The van der Waals surface area contributed by atoms with Crippen molar-refractivity contribution in [2.24, 2.45) is 5.92 Å². The van der Waals surface area contributed by atoms with Gasteiger partial charge >= 0.3 is 6.09 Å². The van der Waals surface area contributed by atoms with Crippen LogP contribution in [0.25, 0.3) is 11.0 Å². The lowest BCUT2D eigenvalue weighted by molar-refractivity contribution is -0.0755. The van der Waals surface area contributed by atoms with Crippen LogP contribution in [-0.4, -0.2) is 42.1 Å². The van der Waals surface area contributed by atoms with Crippen LogP contribution in [0.4, 0.5) is 4.79 Å². The smallest absolute Gasteiger partial charge is 0.410 e. The van der Waals surface area contributed by atoms with Gasteiger partial charge in [-0.25, -0.2) is 4.79 Å². The molecule has 0 saturated carbocycles. The predicted molar refractivity (Wildman–Crippen MR) is 110 cm³/mol. The van der Waals surface area contributed by atoms with Crippen molar-refractivity contribution in [1.82, 2.24) is 4.90 Å². The van der Waals surface area contributed by atoms with Crippen molar-refractivity contribution in [3.8, 4) is 0 Å². The zero-order valence-corrected chi connectivity index (χ0v) is 16.5. The van der Waals surface area contributed by atoms with Crippen molar-refractivity contribution >= 4 is 22.8 Å². The Morgan fingerprint density at radius 2 is 1.77 bits per heavy atom. The quantitative estimate of drug-likeness (QED) is 0.601. The first kappa shape index (κ1) is 18.9. The van der Waals surface area contributed by atoms with Gasteiger partial charge in [-0.2, -0.15) is 0 Å². The van der Waals surface area contributed by atoms with Gasteiger partial charge in [0.1, 0.15) is 12.2 Å². The molecule has 0 aliphatic carbocycles. The molecule has 2 aromatic carbocycles. The maximum atomic E-state index is 13.2. The zero-order chi connectivity index (χ0) is 20.5. The lowest BCUT2D eigenvalue weighted by atomic mass is 9.80. The van der Waals surface area contributed by atoms with Gasteiger partial charge in [0.15, 0.2) is 5.78 Å². The number of carbonyl (C=O) groups excluding carboxylic acids is 2. The Bertz CT molecular complexity index is 1050. The molecular weight excluding hydrogens is 382 g/mol. The summed E-state index contributed by atoms with van der Waals surface area (Å²) in [7, 11) is 0. The van der Waals surface area contributed by atoms with Gasteiger partial charge in [-0.1, -0.05) is 30.3 Å². The molecule has 2 aliphatic rings. The van der Waals surface area contributed by atoms with E-state index in [0.29, 0.717) is 31.6 Å². The van der Waals surface area contributed by atoms with E-state index in [9.17, 15) is 9.59 Å². The van der Waals surface area contributed by atoms with Gasteiger partial charge in [-0.3, -0.25) is 9.69 Å². The largest absolute Gasteiger partial charge is 0.464 e. The number of benzene rings is 2. The van der Waals surface area contributed by atoms with E-state index >= 15 is 0 Å². The number of ether oxygens (including phenoxy) is 2. The van der Waals surface area contributed by atoms with Crippen molar-refractivity contribution in [2.45, 2.75) is 31.5 Å². The van der Waals surface area contributed by atoms with E-state index in [1.54, 1.807) is 11.2 Å². The van der Waals surface area contributed by atoms with Crippen molar-refractivity contribution in [2.75, 3.05) is 13.2 Å². The highest BCUT2D eigenvalue weighted by molar-refractivity contribution is 6.00. The van der Waals surface area contributed by atoms with E-state index < -0.39 is 0 Å². The van der Waals surface area contributed by atoms with E-state index in [2.05, 4.69) is 0 Å². The summed E-state index contributed by atoms with van der Waals surface area (Å²) in [5.41, 5.74) is 2.41. The van der Waals surface area contributed by atoms with Crippen molar-refractivity contribution < 1.29 is 23.5 Å². The number of ketones is 1. The first-order valence-electron chi connectivity index (χ1n) is 10.3. The molecule has 2 atom stereocenters. The standard InChI is InChI=1S/C24H23NO5/c26-23(18-6-7-22-17(10-18)8-9-29-22)19-11-20-14-28-15-21(12-19)25(20)24(27)30-13-16-4-2-1-3-5-16/h1-10,19-21H,11-15H2. The third-order valence-corrected chi connectivity index (χ3v) is 6.04. The second-order valence-corrected chi connectivity index (χ2v) is 8.00. The summed E-state index contributed by atoms with van der Waals surface area (Å²) >= 11 is 0. The molecular formula is C24H23NO5. The van der Waals surface area contributed by atoms with Crippen molar-refractivity contribution in [1.29, 1.82) is 0 Å². The average Bonchev–Trinajstić information content (AvgIpc) is 3.24. The van der Waals surface area contributed by atoms with Crippen LogP contribution in [0, 0.1) is 5.92 Å². The van der Waals surface area contributed by atoms with Crippen molar-refractivity contribution in [3.05, 3.63) is 72.0 Å². The molecule has 0 radical (unpaired) electrons. The number of piperidine rings is 1. The molecule has 0 N–H and O–H groups in total. The molecule has 2 aliphatic heterocycles. The Morgan fingerprint density at radius 1 is 1.00 bits per heavy atom. The first-order valence-corrected chi connectivity index (χ1v) is 10.3. The summed E-state index contributed by atoms with van der Waals surface area (Å²) in [5.74, 6) is -0.0151. The minimum atomic E-state index is -0.331. The van der Waals surface area contributed by atoms with Gasteiger partial charge < -0.3 is 13.9 Å². The van der Waals surface area contributed by atoms with Crippen LogP contribution >= 0.6 is 0 Å². The van der Waals surface area contributed by atoms with E-state index in [0.717, 1.165) is 16.5 Å². The normalized spacial score (nSPS) is 23.3. The minimum Gasteiger partial charge on any atom is -0.464 e. The Hall–Kier alpha value is -3.12. The molecule has 2 fully saturated rings. The average molecular weight is 405 g/mol. The molecule has 0 spiro atoms. The third kappa shape index (κ3) is 3.59. The van der Waals surface area contributed by atoms with Crippen LogP contribution in [0.15, 0.2) is 65.3 Å². The van der Waals surface area contributed by atoms with Gasteiger partial charge in [0.25, 0.3) is 0 Å². The number of hydrogen-bond acceptors (Lipinski definition) is 5. The van der Waals surface area contributed by atoms with Gasteiger partial charge in [-0.05, 0) is 42.7 Å². The molecule has 3 aromatic rings. The monoisotopic (exact) mass is 405 g/mol. The number of morpholine rings is 1. The summed E-state index contributed by atoms with van der Waals surface area (Å²) in [4.78, 5) is 27.8. The first-order chi connectivity index (χ1) is 14.7. The highest BCUT2D eigenvalue weighted by Gasteiger charge is 2.44. The molecule has 2 bridgehead atoms. The van der Waals surface area contributed by atoms with Crippen LogP contribution in [0.3, 0.4) is 0 Å². The Balaban J connectivity index is 1.28.